The highest BCUT2D eigenvalue weighted by Gasteiger charge is 2.16. The zero-order valence-corrected chi connectivity index (χ0v) is 17.0. The van der Waals surface area contributed by atoms with Crippen LogP contribution in [0.4, 0.5) is 0 Å². The van der Waals surface area contributed by atoms with Crippen molar-refractivity contribution in [3.05, 3.63) is 90.5 Å². The fraction of sp³-hybridized carbons (Fsp3) is 0.182. The summed E-state index contributed by atoms with van der Waals surface area (Å²) in [5, 5.41) is 13.4. The maximum Gasteiger partial charge on any atom is 0.0459 e. The fourth-order valence-electron chi connectivity index (χ4n) is 2.89. The molecule has 1 N–H and O–H groups in total. The van der Waals surface area contributed by atoms with Crippen LogP contribution in [0.15, 0.2) is 84.9 Å². The summed E-state index contributed by atoms with van der Waals surface area (Å²) in [6.07, 6.45) is 0.914. The van der Waals surface area contributed by atoms with Gasteiger partial charge in [0.25, 0.3) is 0 Å². The number of rotatable bonds is 6. The highest BCUT2D eigenvalue weighted by atomic mass is 79.9. The highest BCUT2D eigenvalue weighted by Crippen LogP contribution is 2.32. The van der Waals surface area contributed by atoms with Crippen molar-refractivity contribution < 1.29 is 5.11 Å². The van der Waals surface area contributed by atoms with Gasteiger partial charge < -0.3 is 5.11 Å². The Morgan fingerprint density at radius 2 is 1.28 bits per heavy atom. The molecule has 3 rings (SSSR count). The Hall–Kier alpha value is -1.47. The smallest absolute Gasteiger partial charge is 0.0459 e. The number of hydrogen-bond donors (Lipinski definition) is 1. The molecule has 0 aliphatic rings. The number of aliphatic hydroxyl groups is 1. The van der Waals surface area contributed by atoms with Crippen molar-refractivity contribution in [3.8, 4) is 0 Å². The van der Waals surface area contributed by atoms with Gasteiger partial charge in [0.1, 0.15) is 0 Å². The van der Waals surface area contributed by atoms with E-state index in [-0.39, 0.29) is 23.6 Å². The Bertz CT molecular complexity index is 722. The van der Waals surface area contributed by atoms with E-state index in [1.807, 2.05) is 0 Å². The van der Waals surface area contributed by atoms with E-state index in [0.717, 1.165) is 6.42 Å². The molecule has 25 heavy (non-hydrogen) atoms. The van der Waals surface area contributed by atoms with Crippen LogP contribution in [0.25, 0.3) is 0 Å². The zero-order chi connectivity index (χ0) is 16.8. The Kier molecular flexibility index (Phi) is 7.84. The predicted octanol–water partition coefficient (Wildman–Crippen LogP) is 4.19. The van der Waals surface area contributed by atoms with E-state index in [4.69, 9.17) is 0 Å². The van der Waals surface area contributed by atoms with Gasteiger partial charge in [-0.05, 0) is 41.7 Å². The summed E-state index contributed by atoms with van der Waals surface area (Å²) in [6.45, 7) is 2.32. The summed E-state index contributed by atoms with van der Waals surface area (Å²) in [4.78, 5) is 0. The van der Waals surface area contributed by atoms with E-state index in [1.165, 1.54) is 21.5 Å². The molecule has 0 fully saturated rings. The molecular weight excluding hydrogens is 391 g/mol. The largest absolute Gasteiger partial charge is 0.396 e. The van der Waals surface area contributed by atoms with Crippen LogP contribution in [0.2, 0.25) is 0 Å². The van der Waals surface area contributed by atoms with Crippen molar-refractivity contribution in [3.63, 3.8) is 0 Å². The van der Waals surface area contributed by atoms with E-state index in [2.05, 4.69) is 91.9 Å². The highest BCUT2D eigenvalue weighted by molar-refractivity contribution is 8.93. The molecule has 0 saturated heterocycles. The van der Waals surface area contributed by atoms with Gasteiger partial charge in [-0.2, -0.15) is 0 Å². The Morgan fingerprint density at radius 1 is 0.760 bits per heavy atom. The molecule has 0 aliphatic heterocycles. The van der Waals surface area contributed by atoms with Gasteiger partial charge in [-0.1, -0.05) is 91.9 Å². The zero-order valence-electron chi connectivity index (χ0n) is 14.4. The van der Waals surface area contributed by atoms with Gasteiger partial charge in [-0.3, -0.25) is 0 Å². The molecule has 0 heterocycles. The SMILES string of the molecule is Br.CC(CO)Cc1cccc(P(c2ccccc2)c2ccccc2)c1. The van der Waals surface area contributed by atoms with Gasteiger partial charge in [0.05, 0.1) is 0 Å². The summed E-state index contributed by atoms with van der Waals surface area (Å²) in [6, 6.07) is 30.4. The summed E-state index contributed by atoms with van der Waals surface area (Å²) in [5.74, 6) is 0.292. The van der Waals surface area contributed by atoms with Gasteiger partial charge >= 0.3 is 0 Å². The van der Waals surface area contributed by atoms with Crippen LogP contribution < -0.4 is 15.9 Å². The van der Waals surface area contributed by atoms with Gasteiger partial charge in [-0.15, -0.1) is 17.0 Å². The quantitative estimate of drug-likeness (QED) is 0.599. The first-order valence-corrected chi connectivity index (χ1v) is 9.72. The Morgan fingerprint density at radius 3 is 1.80 bits per heavy atom. The van der Waals surface area contributed by atoms with Crippen molar-refractivity contribution in [1.82, 2.24) is 0 Å². The van der Waals surface area contributed by atoms with Gasteiger partial charge in [0.2, 0.25) is 0 Å². The maximum atomic E-state index is 9.33. The number of halogens is 1. The lowest BCUT2D eigenvalue weighted by atomic mass is 10.0. The topological polar surface area (TPSA) is 20.2 Å². The second-order valence-corrected chi connectivity index (χ2v) is 8.39. The van der Waals surface area contributed by atoms with Crippen LogP contribution in [-0.4, -0.2) is 11.7 Å². The van der Waals surface area contributed by atoms with E-state index < -0.39 is 7.92 Å². The van der Waals surface area contributed by atoms with Crippen molar-refractivity contribution in [2.24, 2.45) is 5.92 Å². The van der Waals surface area contributed by atoms with Crippen molar-refractivity contribution in [2.45, 2.75) is 13.3 Å². The van der Waals surface area contributed by atoms with Crippen LogP contribution in [0.1, 0.15) is 12.5 Å². The Balaban J connectivity index is 0.00000225. The minimum Gasteiger partial charge on any atom is -0.396 e. The summed E-state index contributed by atoms with van der Waals surface area (Å²) in [5.41, 5.74) is 1.30. The molecule has 1 atom stereocenters. The lowest BCUT2D eigenvalue weighted by Gasteiger charge is -2.20. The molecular formula is C22H24BrOP. The van der Waals surface area contributed by atoms with Crippen molar-refractivity contribution in [1.29, 1.82) is 0 Å². The minimum atomic E-state index is -0.554. The average Bonchev–Trinajstić information content (AvgIpc) is 2.64. The van der Waals surface area contributed by atoms with Crippen LogP contribution in [-0.2, 0) is 6.42 Å². The van der Waals surface area contributed by atoms with Crippen LogP contribution in [0, 0.1) is 5.92 Å². The van der Waals surface area contributed by atoms with Crippen LogP contribution in [0.5, 0.6) is 0 Å². The lowest BCUT2D eigenvalue weighted by Crippen LogP contribution is -2.21. The number of benzene rings is 3. The Labute approximate surface area is 162 Å². The molecule has 0 aliphatic carbocycles. The molecule has 130 valence electrons. The summed E-state index contributed by atoms with van der Waals surface area (Å²) < 4.78 is 0. The summed E-state index contributed by atoms with van der Waals surface area (Å²) >= 11 is 0. The molecule has 3 heteroatoms. The van der Waals surface area contributed by atoms with Gasteiger partial charge in [0, 0.05) is 6.61 Å². The first-order valence-electron chi connectivity index (χ1n) is 8.38. The van der Waals surface area contributed by atoms with Gasteiger partial charge in [-0.25, -0.2) is 0 Å². The van der Waals surface area contributed by atoms with Crippen LogP contribution >= 0.6 is 24.9 Å². The monoisotopic (exact) mass is 414 g/mol. The molecule has 0 amide bonds. The molecule has 1 unspecified atom stereocenters. The molecule has 0 bridgehead atoms. The molecule has 0 saturated carbocycles. The van der Waals surface area contributed by atoms with E-state index in [1.54, 1.807) is 0 Å². The normalized spacial score (nSPS) is 11.8. The van der Waals surface area contributed by atoms with E-state index in [9.17, 15) is 5.11 Å². The predicted molar refractivity (Wildman–Crippen MR) is 115 cm³/mol. The first kappa shape index (κ1) is 19.8. The second kappa shape index (κ2) is 9.87. The first-order chi connectivity index (χ1) is 11.8. The molecule has 3 aromatic carbocycles. The third-order valence-electron chi connectivity index (χ3n) is 4.09. The third-order valence-corrected chi connectivity index (χ3v) is 6.52. The number of hydrogen-bond acceptors (Lipinski definition) is 1. The standard InChI is InChI=1S/C22H23OP.BrH/c1-18(17-23)15-19-9-8-14-22(16-19)24(20-10-4-2-5-11-20)21-12-6-3-7-13-21;/h2-14,16,18,23H,15,17H2,1H3;1H. The maximum absolute atomic E-state index is 9.33. The van der Waals surface area contributed by atoms with Crippen molar-refractivity contribution in [2.75, 3.05) is 6.61 Å². The molecule has 3 aromatic rings. The van der Waals surface area contributed by atoms with Gasteiger partial charge in [0.15, 0.2) is 0 Å². The second-order valence-electron chi connectivity index (χ2n) is 6.17. The van der Waals surface area contributed by atoms with E-state index in [0.29, 0.717) is 5.92 Å². The lowest BCUT2D eigenvalue weighted by molar-refractivity contribution is 0.237. The fourth-order valence-corrected chi connectivity index (χ4v) is 5.26. The van der Waals surface area contributed by atoms with E-state index >= 15 is 0 Å². The molecule has 0 radical (unpaired) electrons. The molecule has 0 spiro atoms. The molecule has 0 aromatic heterocycles. The summed E-state index contributed by atoms with van der Waals surface area (Å²) in [7, 11) is -0.554. The van der Waals surface area contributed by atoms with Crippen molar-refractivity contribution >= 4 is 40.8 Å². The van der Waals surface area contributed by atoms with Crippen LogP contribution in [0.3, 0.4) is 0 Å². The number of aliphatic hydroxyl groups excluding tert-OH is 1. The minimum absolute atomic E-state index is 0. The molecule has 1 nitrogen and oxygen atoms in total. The third kappa shape index (κ3) is 5.25. The average molecular weight is 415 g/mol.